The van der Waals surface area contributed by atoms with E-state index < -0.39 is 0 Å². The lowest BCUT2D eigenvalue weighted by atomic mass is 10.0. The monoisotopic (exact) mass is 362 g/mol. The molecule has 1 amide bonds. The number of esters is 1. The fourth-order valence-corrected chi connectivity index (χ4v) is 3.41. The summed E-state index contributed by atoms with van der Waals surface area (Å²) in [6.45, 7) is 2.28. The van der Waals surface area contributed by atoms with Gasteiger partial charge in [-0.2, -0.15) is 0 Å². The van der Waals surface area contributed by atoms with Crippen LogP contribution in [0.25, 0.3) is 11.3 Å². The lowest BCUT2D eigenvalue weighted by molar-refractivity contribution is 0.0600. The van der Waals surface area contributed by atoms with Crippen LogP contribution in [0.3, 0.4) is 0 Å². The van der Waals surface area contributed by atoms with Crippen LogP contribution in [0.2, 0.25) is 0 Å². The van der Waals surface area contributed by atoms with Crippen molar-refractivity contribution in [2.45, 2.75) is 13.3 Å². The van der Waals surface area contributed by atoms with E-state index in [1.807, 2.05) is 30.3 Å². The number of aryl methyl sites for hydroxylation is 1. The van der Waals surface area contributed by atoms with Crippen molar-refractivity contribution >= 4 is 17.6 Å². The number of rotatable bonds is 3. The Morgan fingerprint density at radius 2 is 1.93 bits per heavy atom. The van der Waals surface area contributed by atoms with Crippen LogP contribution >= 0.6 is 0 Å². The van der Waals surface area contributed by atoms with Crippen molar-refractivity contribution in [3.8, 4) is 11.3 Å². The number of hydrogen-bond donors (Lipinski definition) is 0. The van der Waals surface area contributed by atoms with Gasteiger partial charge in [-0.25, -0.2) is 4.79 Å². The predicted molar refractivity (Wildman–Crippen MR) is 99.8 cm³/mol. The topological polar surface area (TPSA) is 72.6 Å². The fourth-order valence-electron chi connectivity index (χ4n) is 3.41. The molecule has 136 valence electrons. The Bertz CT molecular complexity index is 1020. The van der Waals surface area contributed by atoms with E-state index >= 15 is 0 Å². The molecule has 1 aromatic heterocycles. The highest BCUT2D eigenvalue weighted by Gasteiger charge is 2.31. The second-order valence-electron chi connectivity index (χ2n) is 6.37. The summed E-state index contributed by atoms with van der Waals surface area (Å²) in [4.78, 5) is 26.7. The zero-order chi connectivity index (χ0) is 19.0. The van der Waals surface area contributed by atoms with Gasteiger partial charge in [0.15, 0.2) is 0 Å². The van der Waals surface area contributed by atoms with Gasteiger partial charge in [-0.05, 0) is 37.1 Å². The summed E-state index contributed by atoms with van der Waals surface area (Å²) >= 11 is 0. The Kier molecular flexibility index (Phi) is 4.24. The highest BCUT2D eigenvalue weighted by Crippen LogP contribution is 2.33. The summed E-state index contributed by atoms with van der Waals surface area (Å²) in [5.41, 5.74) is 4.06. The number of benzene rings is 2. The van der Waals surface area contributed by atoms with Crippen molar-refractivity contribution in [2.24, 2.45) is 0 Å². The second kappa shape index (κ2) is 6.72. The molecule has 0 aliphatic carbocycles. The van der Waals surface area contributed by atoms with Crippen molar-refractivity contribution in [1.82, 2.24) is 5.16 Å². The van der Waals surface area contributed by atoms with E-state index in [4.69, 9.17) is 9.26 Å². The smallest absolute Gasteiger partial charge is 0.337 e. The standard InChI is InChI=1S/C21H18N2O4/c1-13-18(19(22-27-13)14-6-4-3-5-7-14)20(24)23-11-10-15-12-16(21(25)26-2)8-9-17(15)23/h3-9,12H,10-11H2,1-2H3. The third-order valence-electron chi connectivity index (χ3n) is 4.77. The zero-order valence-electron chi connectivity index (χ0n) is 15.1. The first-order chi connectivity index (χ1) is 13.1. The lowest BCUT2D eigenvalue weighted by Crippen LogP contribution is -2.29. The van der Waals surface area contributed by atoms with E-state index in [9.17, 15) is 9.59 Å². The number of carbonyl (C=O) groups is 2. The third kappa shape index (κ3) is 2.89. The fraction of sp³-hybridized carbons (Fsp3) is 0.190. The van der Waals surface area contributed by atoms with E-state index in [0.29, 0.717) is 35.5 Å². The minimum Gasteiger partial charge on any atom is -0.465 e. The molecule has 1 aliphatic heterocycles. The van der Waals surface area contributed by atoms with Crippen LogP contribution in [0, 0.1) is 6.92 Å². The summed E-state index contributed by atoms with van der Waals surface area (Å²) in [6, 6.07) is 14.7. The SMILES string of the molecule is COC(=O)c1ccc2c(c1)CCN2C(=O)c1c(-c2ccccc2)noc1C. The molecule has 0 fully saturated rings. The number of hydrogen-bond acceptors (Lipinski definition) is 5. The number of methoxy groups -OCH3 is 1. The molecule has 2 heterocycles. The molecule has 0 radical (unpaired) electrons. The van der Waals surface area contributed by atoms with Crippen molar-refractivity contribution < 1.29 is 18.8 Å². The normalized spacial score (nSPS) is 12.7. The molecular weight excluding hydrogens is 344 g/mol. The first-order valence-corrected chi connectivity index (χ1v) is 8.65. The van der Waals surface area contributed by atoms with E-state index in [-0.39, 0.29) is 11.9 Å². The first kappa shape index (κ1) is 17.0. The molecule has 0 unspecified atom stereocenters. The summed E-state index contributed by atoms with van der Waals surface area (Å²) in [6.07, 6.45) is 0.677. The average molecular weight is 362 g/mol. The Hall–Kier alpha value is -3.41. The number of ether oxygens (including phenoxy) is 1. The van der Waals surface area contributed by atoms with Crippen molar-refractivity contribution in [3.05, 3.63) is 71.0 Å². The van der Waals surface area contributed by atoms with Gasteiger partial charge < -0.3 is 14.2 Å². The predicted octanol–water partition coefficient (Wildman–Crippen LogP) is 3.64. The number of anilines is 1. The van der Waals surface area contributed by atoms with Crippen molar-refractivity contribution in [1.29, 1.82) is 0 Å². The van der Waals surface area contributed by atoms with Crippen LogP contribution in [-0.2, 0) is 11.2 Å². The van der Waals surface area contributed by atoms with E-state index in [1.54, 1.807) is 30.0 Å². The third-order valence-corrected chi connectivity index (χ3v) is 4.77. The molecule has 0 spiro atoms. The van der Waals surface area contributed by atoms with Gasteiger partial charge in [0.25, 0.3) is 5.91 Å². The van der Waals surface area contributed by atoms with Crippen LogP contribution in [0.15, 0.2) is 53.1 Å². The minimum atomic E-state index is -0.385. The Morgan fingerprint density at radius 1 is 1.15 bits per heavy atom. The van der Waals surface area contributed by atoms with E-state index in [0.717, 1.165) is 16.8 Å². The van der Waals surface area contributed by atoms with Gasteiger partial charge in [0.1, 0.15) is 17.0 Å². The molecule has 1 aliphatic rings. The molecule has 6 nitrogen and oxygen atoms in total. The molecular formula is C21H18N2O4. The Morgan fingerprint density at radius 3 is 2.67 bits per heavy atom. The molecule has 27 heavy (non-hydrogen) atoms. The molecule has 0 bridgehead atoms. The number of nitrogens with zero attached hydrogens (tertiary/aromatic N) is 2. The lowest BCUT2D eigenvalue weighted by Gasteiger charge is -2.17. The molecule has 4 rings (SSSR count). The van der Waals surface area contributed by atoms with Gasteiger partial charge in [0.05, 0.1) is 12.7 Å². The molecule has 6 heteroatoms. The molecule has 0 saturated heterocycles. The van der Waals surface area contributed by atoms with Crippen LogP contribution in [-0.4, -0.2) is 30.7 Å². The van der Waals surface area contributed by atoms with Gasteiger partial charge >= 0.3 is 5.97 Å². The summed E-state index contributed by atoms with van der Waals surface area (Å²) in [7, 11) is 1.35. The van der Waals surface area contributed by atoms with E-state index in [2.05, 4.69) is 5.16 Å². The molecule has 0 N–H and O–H groups in total. The Balaban J connectivity index is 1.71. The first-order valence-electron chi connectivity index (χ1n) is 8.65. The quantitative estimate of drug-likeness (QED) is 0.665. The van der Waals surface area contributed by atoms with Gasteiger partial charge in [0, 0.05) is 17.8 Å². The van der Waals surface area contributed by atoms with Crippen LogP contribution in [0.1, 0.15) is 32.0 Å². The van der Waals surface area contributed by atoms with Gasteiger partial charge in [-0.3, -0.25) is 4.79 Å². The van der Waals surface area contributed by atoms with Crippen LogP contribution in [0.4, 0.5) is 5.69 Å². The second-order valence-corrected chi connectivity index (χ2v) is 6.37. The molecule has 2 aromatic carbocycles. The maximum Gasteiger partial charge on any atom is 0.337 e. The maximum absolute atomic E-state index is 13.3. The average Bonchev–Trinajstić information content (AvgIpc) is 3.30. The number of amides is 1. The molecule has 0 atom stereocenters. The maximum atomic E-state index is 13.3. The number of fused-ring (bicyclic) bond motifs is 1. The van der Waals surface area contributed by atoms with Gasteiger partial charge in [0.2, 0.25) is 0 Å². The van der Waals surface area contributed by atoms with E-state index in [1.165, 1.54) is 7.11 Å². The highest BCUT2D eigenvalue weighted by atomic mass is 16.5. The summed E-state index contributed by atoms with van der Waals surface area (Å²) in [5, 5.41) is 4.10. The minimum absolute atomic E-state index is 0.155. The number of carbonyl (C=O) groups excluding carboxylic acids is 2. The molecule has 3 aromatic rings. The highest BCUT2D eigenvalue weighted by molar-refractivity contribution is 6.11. The van der Waals surface area contributed by atoms with Crippen molar-refractivity contribution in [2.75, 3.05) is 18.6 Å². The zero-order valence-corrected chi connectivity index (χ0v) is 15.1. The van der Waals surface area contributed by atoms with Crippen LogP contribution < -0.4 is 4.90 Å². The van der Waals surface area contributed by atoms with Gasteiger partial charge in [-0.1, -0.05) is 35.5 Å². The summed E-state index contributed by atoms with van der Waals surface area (Å²) in [5.74, 6) is -0.0560. The number of aromatic nitrogens is 1. The largest absolute Gasteiger partial charge is 0.465 e. The van der Waals surface area contributed by atoms with Crippen LogP contribution in [0.5, 0.6) is 0 Å². The summed E-state index contributed by atoms with van der Waals surface area (Å²) < 4.78 is 10.1. The Labute approximate surface area is 156 Å². The van der Waals surface area contributed by atoms with Crippen molar-refractivity contribution in [3.63, 3.8) is 0 Å². The van der Waals surface area contributed by atoms with Gasteiger partial charge in [-0.15, -0.1) is 0 Å². The molecule has 0 saturated carbocycles.